The normalized spacial score (nSPS) is 16.3. The van der Waals surface area contributed by atoms with Crippen LogP contribution in [0.5, 0.6) is 0 Å². The minimum atomic E-state index is 0.536. The average molecular weight is 252 g/mol. The van der Waals surface area contributed by atoms with Gasteiger partial charge in [0.25, 0.3) is 0 Å². The first kappa shape index (κ1) is 12.2. The summed E-state index contributed by atoms with van der Waals surface area (Å²) in [6, 6.07) is 17.5. The van der Waals surface area contributed by atoms with Crippen molar-refractivity contribution in [2.24, 2.45) is 0 Å². The van der Waals surface area contributed by atoms with E-state index in [-0.39, 0.29) is 0 Å². The maximum Gasteiger partial charge on any atom is 0.0363 e. The molecule has 1 aliphatic rings. The van der Waals surface area contributed by atoms with Gasteiger partial charge in [-0.3, -0.25) is 4.90 Å². The van der Waals surface area contributed by atoms with Gasteiger partial charge in [0.1, 0.15) is 0 Å². The number of nitrogen functional groups attached to an aromatic ring is 1. The fraction of sp³-hybridized carbons (Fsp3) is 0.294. The van der Waals surface area contributed by atoms with Crippen LogP contribution in [0.3, 0.4) is 0 Å². The first-order chi connectivity index (χ1) is 9.24. The fourth-order valence-corrected chi connectivity index (χ4v) is 2.87. The maximum atomic E-state index is 6.06. The number of benzene rings is 2. The fourth-order valence-electron chi connectivity index (χ4n) is 2.87. The summed E-state index contributed by atoms with van der Waals surface area (Å²) in [6.45, 7) is 4.31. The summed E-state index contributed by atoms with van der Waals surface area (Å²) >= 11 is 0. The third-order valence-corrected chi connectivity index (χ3v) is 4.04. The molecule has 0 aliphatic carbocycles. The van der Waals surface area contributed by atoms with Gasteiger partial charge in [-0.15, -0.1) is 0 Å². The molecule has 0 fully saturated rings. The number of hydrogen-bond acceptors (Lipinski definition) is 2. The summed E-state index contributed by atoms with van der Waals surface area (Å²) in [5.74, 6) is 0. The molecule has 0 spiro atoms. The number of fused-ring (bicyclic) bond motifs is 1. The molecule has 2 heteroatoms. The van der Waals surface area contributed by atoms with Crippen molar-refractivity contribution < 1.29 is 0 Å². The van der Waals surface area contributed by atoms with Gasteiger partial charge in [-0.1, -0.05) is 42.5 Å². The van der Waals surface area contributed by atoms with Crippen LogP contribution in [0.4, 0.5) is 5.69 Å². The number of anilines is 1. The van der Waals surface area contributed by atoms with Crippen molar-refractivity contribution in [2.45, 2.75) is 32.5 Å². The minimum Gasteiger partial charge on any atom is -0.398 e. The van der Waals surface area contributed by atoms with Crippen molar-refractivity contribution in [3.63, 3.8) is 0 Å². The highest BCUT2D eigenvalue weighted by Gasteiger charge is 2.24. The molecule has 0 saturated heterocycles. The molecule has 2 aromatic carbocycles. The van der Waals surface area contributed by atoms with Gasteiger partial charge in [-0.25, -0.2) is 0 Å². The van der Waals surface area contributed by atoms with Crippen molar-refractivity contribution in [3.8, 4) is 0 Å². The Bertz CT molecular complexity index is 563. The van der Waals surface area contributed by atoms with E-state index in [9.17, 15) is 0 Å². The summed E-state index contributed by atoms with van der Waals surface area (Å²) in [6.07, 6.45) is 1.09. The third kappa shape index (κ3) is 2.49. The average Bonchev–Trinajstić information content (AvgIpc) is 2.85. The molecule has 1 atom stereocenters. The summed E-state index contributed by atoms with van der Waals surface area (Å²) in [5, 5.41) is 0. The second kappa shape index (κ2) is 5.06. The zero-order valence-corrected chi connectivity index (χ0v) is 11.3. The third-order valence-electron chi connectivity index (χ3n) is 4.04. The highest BCUT2D eigenvalue weighted by Crippen LogP contribution is 2.29. The van der Waals surface area contributed by atoms with Crippen LogP contribution in [-0.2, 0) is 19.5 Å². The molecular formula is C17H20N2. The first-order valence-corrected chi connectivity index (χ1v) is 6.88. The molecule has 2 aromatic rings. The summed E-state index contributed by atoms with van der Waals surface area (Å²) in [7, 11) is 0. The number of nitrogens with two attached hydrogens (primary N) is 1. The van der Waals surface area contributed by atoms with E-state index >= 15 is 0 Å². The molecule has 1 aliphatic heterocycles. The zero-order valence-electron chi connectivity index (χ0n) is 11.3. The van der Waals surface area contributed by atoms with E-state index in [1.165, 1.54) is 16.7 Å². The molecule has 98 valence electrons. The van der Waals surface area contributed by atoms with Crippen molar-refractivity contribution in [1.82, 2.24) is 4.90 Å². The number of nitrogens with zero attached hydrogens (tertiary/aromatic N) is 1. The minimum absolute atomic E-state index is 0.536. The van der Waals surface area contributed by atoms with Gasteiger partial charge in [0.05, 0.1) is 0 Å². The smallest absolute Gasteiger partial charge is 0.0363 e. The van der Waals surface area contributed by atoms with Crippen LogP contribution in [0.15, 0.2) is 48.5 Å². The molecule has 19 heavy (non-hydrogen) atoms. The van der Waals surface area contributed by atoms with Crippen LogP contribution in [0.25, 0.3) is 0 Å². The van der Waals surface area contributed by atoms with Gasteiger partial charge >= 0.3 is 0 Å². The van der Waals surface area contributed by atoms with Crippen molar-refractivity contribution in [1.29, 1.82) is 0 Å². The molecule has 0 amide bonds. The molecule has 0 radical (unpaired) electrons. The van der Waals surface area contributed by atoms with Crippen molar-refractivity contribution >= 4 is 5.69 Å². The molecule has 0 bridgehead atoms. The first-order valence-electron chi connectivity index (χ1n) is 6.88. The quantitative estimate of drug-likeness (QED) is 0.850. The summed E-state index contributed by atoms with van der Waals surface area (Å²) < 4.78 is 0. The van der Waals surface area contributed by atoms with E-state index in [2.05, 4.69) is 54.3 Å². The Morgan fingerprint density at radius 3 is 2.58 bits per heavy atom. The van der Waals surface area contributed by atoms with E-state index in [1.54, 1.807) is 0 Å². The Kier molecular flexibility index (Phi) is 3.26. The molecule has 0 saturated carbocycles. The molecule has 2 N–H and O–H groups in total. The zero-order chi connectivity index (χ0) is 13.2. The van der Waals surface area contributed by atoms with E-state index in [4.69, 9.17) is 5.73 Å². The SMILES string of the molecule is CC(Cc1ccccc1)N1Cc2cccc(N)c2C1. The van der Waals surface area contributed by atoms with Crippen LogP contribution in [0, 0.1) is 0 Å². The Hall–Kier alpha value is -1.80. The van der Waals surface area contributed by atoms with Gasteiger partial charge in [0, 0.05) is 24.8 Å². The lowest BCUT2D eigenvalue weighted by molar-refractivity contribution is 0.212. The Morgan fingerprint density at radius 2 is 1.84 bits per heavy atom. The number of hydrogen-bond donors (Lipinski definition) is 1. The van der Waals surface area contributed by atoms with E-state index < -0.39 is 0 Å². The van der Waals surface area contributed by atoms with Gasteiger partial charge in [-0.05, 0) is 36.1 Å². The van der Waals surface area contributed by atoms with Crippen LogP contribution < -0.4 is 5.73 Å². The summed E-state index contributed by atoms with van der Waals surface area (Å²) in [4.78, 5) is 2.51. The van der Waals surface area contributed by atoms with E-state index in [1.807, 2.05) is 6.07 Å². The molecule has 1 unspecified atom stereocenters. The van der Waals surface area contributed by atoms with Gasteiger partial charge in [0.2, 0.25) is 0 Å². The molecule has 1 heterocycles. The topological polar surface area (TPSA) is 29.3 Å². The standard InChI is InChI=1S/C17H20N2/c1-13(10-14-6-3-2-4-7-14)19-11-15-8-5-9-17(18)16(15)12-19/h2-9,13H,10-12,18H2,1H3. The van der Waals surface area contributed by atoms with Gasteiger partial charge in [0.15, 0.2) is 0 Å². The molecule has 2 nitrogen and oxygen atoms in total. The van der Waals surface area contributed by atoms with Crippen molar-refractivity contribution in [2.75, 3.05) is 5.73 Å². The predicted octanol–water partition coefficient (Wildman–Crippen LogP) is 3.22. The highest BCUT2D eigenvalue weighted by molar-refractivity contribution is 5.52. The van der Waals surface area contributed by atoms with Crippen LogP contribution >= 0.6 is 0 Å². The largest absolute Gasteiger partial charge is 0.398 e. The lowest BCUT2D eigenvalue weighted by atomic mass is 10.1. The monoisotopic (exact) mass is 252 g/mol. The molecule has 3 rings (SSSR count). The second-order valence-corrected chi connectivity index (χ2v) is 5.43. The van der Waals surface area contributed by atoms with Crippen molar-refractivity contribution in [3.05, 3.63) is 65.2 Å². The second-order valence-electron chi connectivity index (χ2n) is 5.43. The van der Waals surface area contributed by atoms with Crippen LogP contribution in [0.1, 0.15) is 23.6 Å². The van der Waals surface area contributed by atoms with Crippen LogP contribution in [0.2, 0.25) is 0 Å². The number of rotatable bonds is 3. The van der Waals surface area contributed by atoms with E-state index in [0.29, 0.717) is 6.04 Å². The lowest BCUT2D eigenvalue weighted by Gasteiger charge is -2.23. The van der Waals surface area contributed by atoms with Crippen LogP contribution in [-0.4, -0.2) is 10.9 Å². The lowest BCUT2D eigenvalue weighted by Crippen LogP contribution is -2.29. The Balaban J connectivity index is 1.71. The van der Waals surface area contributed by atoms with E-state index in [0.717, 1.165) is 25.2 Å². The van der Waals surface area contributed by atoms with Gasteiger partial charge < -0.3 is 5.73 Å². The summed E-state index contributed by atoms with van der Waals surface area (Å²) in [5.41, 5.74) is 11.1. The molecule has 0 aromatic heterocycles. The van der Waals surface area contributed by atoms with Gasteiger partial charge in [-0.2, -0.15) is 0 Å². The predicted molar refractivity (Wildman–Crippen MR) is 79.7 cm³/mol. The Labute approximate surface area is 114 Å². The maximum absolute atomic E-state index is 6.06. The highest BCUT2D eigenvalue weighted by atomic mass is 15.2. The molecular weight excluding hydrogens is 232 g/mol. The Morgan fingerprint density at radius 1 is 1.05 bits per heavy atom.